The van der Waals surface area contributed by atoms with Crippen molar-refractivity contribution in [2.45, 2.75) is 40.2 Å². The molecule has 0 aliphatic rings. The summed E-state index contributed by atoms with van der Waals surface area (Å²) in [4.78, 5) is 10.7. The van der Waals surface area contributed by atoms with Crippen LogP contribution < -0.4 is 16.0 Å². The maximum absolute atomic E-state index is 5.72. The van der Waals surface area contributed by atoms with Gasteiger partial charge in [-0.1, -0.05) is 20.8 Å². The molecule has 1 atom stereocenters. The highest BCUT2D eigenvalue weighted by atomic mass is 15.2. The molecule has 0 bridgehead atoms. The molecule has 0 radical (unpaired) electrons. The zero-order chi connectivity index (χ0) is 14.5. The highest BCUT2D eigenvalue weighted by Crippen LogP contribution is 2.19. The SMILES string of the molecule is CC(N)CCNc1cc(N(C)CC(C)(C)C)ncn1. The molecule has 0 aromatic carbocycles. The normalized spacial score (nSPS) is 13.2. The second-order valence-corrected chi connectivity index (χ2v) is 6.37. The summed E-state index contributed by atoms with van der Waals surface area (Å²) in [6, 6.07) is 2.18. The van der Waals surface area contributed by atoms with Gasteiger partial charge in [-0.2, -0.15) is 0 Å². The fraction of sp³-hybridized carbons (Fsp3) is 0.714. The van der Waals surface area contributed by atoms with Crippen molar-refractivity contribution in [3.63, 3.8) is 0 Å². The minimum atomic E-state index is 0.206. The van der Waals surface area contributed by atoms with Crippen LogP contribution in [-0.2, 0) is 0 Å². The molecular weight excluding hydrogens is 238 g/mol. The van der Waals surface area contributed by atoms with Gasteiger partial charge in [0.15, 0.2) is 0 Å². The summed E-state index contributed by atoms with van der Waals surface area (Å²) in [6.07, 6.45) is 2.53. The number of aromatic nitrogens is 2. The summed E-state index contributed by atoms with van der Waals surface area (Å²) in [5.41, 5.74) is 5.96. The predicted octanol–water partition coefficient (Wildman–Crippen LogP) is 2.11. The molecule has 0 amide bonds. The van der Waals surface area contributed by atoms with Crippen molar-refractivity contribution in [1.29, 1.82) is 0 Å². The summed E-state index contributed by atoms with van der Waals surface area (Å²) in [7, 11) is 2.05. The Morgan fingerprint density at radius 1 is 1.37 bits per heavy atom. The predicted molar refractivity (Wildman–Crippen MR) is 81.5 cm³/mol. The molecule has 5 heteroatoms. The largest absolute Gasteiger partial charge is 0.370 e. The Labute approximate surface area is 116 Å². The highest BCUT2D eigenvalue weighted by Gasteiger charge is 2.15. The molecule has 0 aliphatic carbocycles. The van der Waals surface area contributed by atoms with Gasteiger partial charge in [0.05, 0.1) is 0 Å². The third-order valence-corrected chi connectivity index (χ3v) is 2.66. The number of nitrogens with two attached hydrogens (primary N) is 1. The fourth-order valence-corrected chi connectivity index (χ4v) is 1.87. The summed E-state index contributed by atoms with van der Waals surface area (Å²) >= 11 is 0. The lowest BCUT2D eigenvalue weighted by molar-refractivity contribution is 0.418. The minimum Gasteiger partial charge on any atom is -0.370 e. The quantitative estimate of drug-likeness (QED) is 0.824. The van der Waals surface area contributed by atoms with Crippen LogP contribution in [-0.4, -0.2) is 36.1 Å². The van der Waals surface area contributed by atoms with Gasteiger partial charge in [-0.25, -0.2) is 9.97 Å². The van der Waals surface area contributed by atoms with Crippen molar-refractivity contribution >= 4 is 11.6 Å². The van der Waals surface area contributed by atoms with Crippen molar-refractivity contribution in [1.82, 2.24) is 9.97 Å². The van der Waals surface area contributed by atoms with Crippen molar-refractivity contribution in [3.8, 4) is 0 Å². The van der Waals surface area contributed by atoms with E-state index in [0.29, 0.717) is 0 Å². The smallest absolute Gasteiger partial charge is 0.133 e. The molecular formula is C14H27N5. The van der Waals surface area contributed by atoms with E-state index < -0.39 is 0 Å². The van der Waals surface area contributed by atoms with E-state index in [1.165, 1.54) is 0 Å². The van der Waals surface area contributed by atoms with Crippen LogP contribution >= 0.6 is 0 Å². The van der Waals surface area contributed by atoms with Crippen LogP contribution in [0.4, 0.5) is 11.6 Å². The Morgan fingerprint density at radius 3 is 2.63 bits per heavy atom. The Kier molecular flexibility index (Phi) is 5.54. The molecule has 5 nitrogen and oxygen atoms in total. The molecule has 1 heterocycles. The van der Waals surface area contributed by atoms with E-state index in [0.717, 1.165) is 31.1 Å². The first-order chi connectivity index (χ1) is 8.78. The number of anilines is 2. The molecule has 3 N–H and O–H groups in total. The van der Waals surface area contributed by atoms with E-state index in [4.69, 9.17) is 5.73 Å². The molecule has 1 unspecified atom stereocenters. The molecule has 108 valence electrons. The average molecular weight is 265 g/mol. The molecule has 0 fully saturated rings. The minimum absolute atomic E-state index is 0.206. The monoisotopic (exact) mass is 265 g/mol. The first kappa shape index (κ1) is 15.7. The van der Waals surface area contributed by atoms with Crippen LogP contribution in [0, 0.1) is 5.41 Å². The van der Waals surface area contributed by atoms with Gasteiger partial charge < -0.3 is 16.0 Å². The van der Waals surface area contributed by atoms with Crippen molar-refractivity contribution < 1.29 is 0 Å². The summed E-state index contributed by atoms with van der Waals surface area (Å²) in [5.74, 6) is 1.79. The van der Waals surface area contributed by atoms with E-state index in [-0.39, 0.29) is 11.5 Å². The highest BCUT2D eigenvalue weighted by molar-refractivity contribution is 5.47. The molecule has 0 saturated carbocycles. The van der Waals surface area contributed by atoms with Gasteiger partial charge in [-0.05, 0) is 18.8 Å². The molecule has 0 spiro atoms. The zero-order valence-electron chi connectivity index (χ0n) is 12.8. The molecule has 1 aromatic heterocycles. The van der Waals surface area contributed by atoms with Gasteiger partial charge in [-0.15, -0.1) is 0 Å². The summed E-state index contributed by atoms with van der Waals surface area (Å²) < 4.78 is 0. The summed E-state index contributed by atoms with van der Waals surface area (Å²) in [5, 5.41) is 3.28. The molecule has 19 heavy (non-hydrogen) atoms. The van der Waals surface area contributed by atoms with E-state index in [9.17, 15) is 0 Å². The standard InChI is InChI=1S/C14H27N5/c1-11(15)6-7-16-12-8-13(18-10-17-12)19(5)9-14(2,3)4/h8,10-11H,6-7,9,15H2,1-5H3,(H,16,17,18). The van der Waals surface area contributed by atoms with E-state index in [2.05, 4.69) is 48.0 Å². The second kappa shape index (κ2) is 6.70. The van der Waals surface area contributed by atoms with Gasteiger partial charge in [0.2, 0.25) is 0 Å². The summed E-state index contributed by atoms with van der Waals surface area (Å²) in [6.45, 7) is 10.4. The third-order valence-electron chi connectivity index (χ3n) is 2.66. The van der Waals surface area contributed by atoms with Crippen LogP contribution in [0.2, 0.25) is 0 Å². The molecule has 1 aromatic rings. The van der Waals surface area contributed by atoms with Crippen LogP contribution in [0.25, 0.3) is 0 Å². The Morgan fingerprint density at radius 2 is 2.05 bits per heavy atom. The fourth-order valence-electron chi connectivity index (χ4n) is 1.87. The molecule has 1 rings (SSSR count). The Balaban J connectivity index is 2.61. The first-order valence-electron chi connectivity index (χ1n) is 6.80. The van der Waals surface area contributed by atoms with Crippen molar-refractivity contribution in [2.75, 3.05) is 30.4 Å². The van der Waals surface area contributed by atoms with E-state index in [1.54, 1.807) is 6.33 Å². The maximum Gasteiger partial charge on any atom is 0.133 e. The van der Waals surface area contributed by atoms with Gasteiger partial charge in [0, 0.05) is 32.2 Å². The number of rotatable bonds is 6. The van der Waals surface area contributed by atoms with Crippen LogP contribution in [0.1, 0.15) is 34.1 Å². The third kappa shape index (κ3) is 6.38. The van der Waals surface area contributed by atoms with Crippen LogP contribution in [0.3, 0.4) is 0 Å². The Hall–Kier alpha value is -1.36. The second-order valence-electron chi connectivity index (χ2n) is 6.37. The number of nitrogens with zero attached hydrogens (tertiary/aromatic N) is 3. The van der Waals surface area contributed by atoms with E-state index in [1.807, 2.05) is 13.0 Å². The lowest BCUT2D eigenvalue weighted by Crippen LogP contribution is -2.29. The first-order valence-corrected chi connectivity index (χ1v) is 6.80. The van der Waals surface area contributed by atoms with Gasteiger partial charge in [-0.3, -0.25) is 0 Å². The van der Waals surface area contributed by atoms with E-state index >= 15 is 0 Å². The van der Waals surface area contributed by atoms with Crippen molar-refractivity contribution in [3.05, 3.63) is 12.4 Å². The topological polar surface area (TPSA) is 67.1 Å². The zero-order valence-corrected chi connectivity index (χ0v) is 12.8. The lowest BCUT2D eigenvalue weighted by Gasteiger charge is -2.27. The maximum atomic E-state index is 5.72. The van der Waals surface area contributed by atoms with Crippen molar-refractivity contribution in [2.24, 2.45) is 11.1 Å². The van der Waals surface area contributed by atoms with Gasteiger partial charge >= 0.3 is 0 Å². The van der Waals surface area contributed by atoms with Crippen LogP contribution in [0.5, 0.6) is 0 Å². The van der Waals surface area contributed by atoms with Crippen LogP contribution in [0.15, 0.2) is 12.4 Å². The number of hydrogen-bond acceptors (Lipinski definition) is 5. The van der Waals surface area contributed by atoms with Gasteiger partial charge in [0.1, 0.15) is 18.0 Å². The molecule has 0 saturated heterocycles. The number of hydrogen-bond donors (Lipinski definition) is 2. The number of nitrogens with one attached hydrogen (secondary N) is 1. The Bertz CT molecular complexity index is 384. The average Bonchev–Trinajstić information content (AvgIpc) is 2.26. The lowest BCUT2D eigenvalue weighted by atomic mass is 9.96. The van der Waals surface area contributed by atoms with Gasteiger partial charge in [0.25, 0.3) is 0 Å². The molecule has 0 aliphatic heterocycles.